The number of hydrogen-bond donors (Lipinski definition) is 1. The summed E-state index contributed by atoms with van der Waals surface area (Å²) in [4.78, 5) is 10.9. The van der Waals surface area contributed by atoms with Gasteiger partial charge in [0.15, 0.2) is 0 Å². The van der Waals surface area contributed by atoms with Crippen LogP contribution in [-0.2, 0) is 11.3 Å². The van der Waals surface area contributed by atoms with Crippen molar-refractivity contribution in [1.29, 1.82) is 0 Å². The zero-order valence-corrected chi connectivity index (χ0v) is 13.9. The van der Waals surface area contributed by atoms with Crippen molar-refractivity contribution in [2.45, 2.75) is 37.5 Å². The maximum Gasteiger partial charge on any atom is 0.0830 e. The van der Waals surface area contributed by atoms with Crippen molar-refractivity contribution in [2.75, 3.05) is 25.0 Å². The maximum absolute atomic E-state index is 6.29. The lowest BCUT2D eigenvalue weighted by atomic mass is 9.88. The van der Waals surface area contributed by atoms with Crippen molar-refractivity contribution in [3.05, 3.63) is 54.6 Å². The van der Waals surface area contributed by atoms with Gasteiger partial charge in [-0.3, -0.25) is 14.9 Å². The van der Waals surface area contributed by atoms with Crippen molar-refractivity contribution in [1.82, 2.24) is 14.9 Å². The van der Waals surface area contributed by atoms with E-state index in [4.69, 9.17) is 4.74 Å². The first-order chi connectivity index (χ1) is 11.8. The normalized spacial score (nSPS) is 27.4. The molecule has 2 atom stereocenters. The van der Waals surface area contributed by atoms with Crippen LogP contribution in [0.5, 0.6) is 0 Å². The third-order valence-corrected chi connectivity index (χ3v) is 4.99. The molecule has 0 amide bonds. The summed E-state index contributed by atoms with van der Waals surface area (Å²) in [6, 6.07) is 8.55. The largest absolute Gasteiger partial charge is 0.379 e. The topological polar surface area (TPSA) is 50.3 Å². The predicted molar refractivity (Wildman–Crippen MR) is 93.7 cm³/mol. The summed E-state index contributed by atoms with van der Waals surface area (Å²) in [6.45, 7) is 3.88. The predicted octanol–water partition coefficient (Wildman–Crippen LogP) is 2.71. The number of nitrogens with zero attached hydrogens (tertiary/aromatic N) is 3. The molecule has 0 aromatic carbocycles. The van der Waals surface area contributed by atoms with Crippen LogP contribution >= 0.6 is 0 Å². The highest BCUT2D eigenvalue weighted by molar-refractivity contribution is 5.41. The van der Waals surface area contributed by atoms with Gasteiger partial charge in [0, 0.05) is 37.9 Å². The van der Waals surface area contributed by atoms with E-state index in [9.17, 15) is 0 Å². The molecule has 2 aromatic rings. The number of aromatic nitrogens is 2. The second kappa shape index (κ2) is 6.87. The highest BCUT2D eigenvalue weighted by Gasteiger charge is 2.43. The van der Waals surface area contributed by atoms with Gasteiger partial charge in [0.25, 0.3) is 0 Å². The van der Waals surface area contributed by atoms with Gasteiger partial charge < -0.3 is 10.1 Å². The smallest absolute Gasteiger partial charge is 0.0830 e. The average Bonchev–Trinajstić information content (AvgIpc) is 2.98. The first-order valence-electron chi connectivity index (χ1n) is 8.73. The molecule has 0 radical (unpaired) electrons. The number of pyridine rings is 2. The molecule has 4 rings (SSSR count). The van der Waals surface area contributed by atoms with E-state index in [1.165, 1.54) is 12.0 Å². The summed E-state index contributed by atoms with van der Waals surface area (Å²) in [7, 11) is 0. The molecule has 2 aliphatic heterocycles. The summed E-state index contributed by atoms with van der Waals surface area (Å²) < 4.78 is 6.29. The minimum absolute atomic E-state index is 0.000332. The second-order valence-electron chi connectivity index (χ2n) is 6.96. The molecule has 24 heavy (non-hydrogen) atoms. The molecule has 0 bridgehead atoms. The van der Waals surface area contributed by atoms with Crippen LogP contribution in [0.15, 0.2) is 49.1 Å². The molecule has 1 spiro atoms. The molecule has 4 heterocycles. The SMILES string of the molecule is c1cncc(CN2CCCC3(CC(Nc4cccnc4)CO3)C2)c1. The Bertz CT molecular complexity index is 651. The van der Waals surface area contributed by atoms with Gasteiger partial charge in [-0.1, -0.05) is 6.07 Å². The average molecular weight is 324 g/mol. The van der Waals surface area contributed by atoms with E-state index in [1.54, 1.807) is 6.20 Å². The Labute approximate surface area is 143 Å². The van der Waals surface area contributed by atoms with Gasteiger partial charge in [-0.2, -0.15) is 0 Å². The van der Waals surface area contributed by atoms with Crippen LogP contribution in [0.4, 0.5) is 5.69 Å². The quantitative estimate of drug-likeness (QED) is 0.937. The van der Waals surface area contributed by atoms with Crippen LogP contribution < -0.4 is 5.32 Å². The fourth-order valence-electron chi connectivity index (χ4n) is 3.98. The van der Waals surface area contributed by atoms with Crippen LogP contribution in [0.3, 0.4) is 0 Å². The second-order valence-corrected chi connectivity index (χ2v) is 6.96. The first-order valence-corrected chi connectivity index (χ1v) is 8.73. The molecule has 2 aromatic heterocycles. The molecule has 2 saturated heterocycles. The Morgan fingerprint density at radius 3 is 2.88 bits per heavy atom. The monoisotopic (exact) mass is 324 g/mol. The Balaban J connectivity index is 1.37. The maximum atomic E-state index is 6.29. The van der Waals surface area contributed by atoms with Crippen molar-refractivity contribution in [3.8, 4) is 0 Å². The van der Waals surface area contributed by atoms with E-state index in [-0.39, 0.29) is 5.60 Å². The Kier molecular flexibility index (Phi) is 4.45. The summed E-state index contributed by atoms with van der Waals surface area (Å²) in [5, 5.41) is 3.56. The third kappa shape index (κ3) is 3.57. The molecule has 126 valence electrons. The minimum Gasteiger partial charge on any atom is -0.379 e. The number of hydrogen-bond acceptors (Lipinski definition) is 5. The summed E-state index contributed by atoms with van der Waals surface area (Å²) >= 11 is 0. The van der Waals surface area contributed by atoms with Crippen molar-refractivity contribution < 1.29 is 4.74 Å². The minimum atomic E-state index is 0.000332. The van der Waals surface area contributed by atoms with Gasteiger partial charge in [-0.05, 0) is 49.6 Å². The Morgan fingerprint density at radius 1 is 1.21 bits per heavy atom. The van der Waals surface area contributed by atoms with E-state index in [0.717, 1.165) is 44.8 Å². The molecule has 2 aliphatic rings. The lowest BCUT2D eigenvalue weighted by Gasteiger charge is -2.39. The summed E-state index contributed by atoms with van der Waals surface area (Å²) in [6.07, 6.45) is 10.9. The van der Waals surface area contributed by atoms with E-state index < -0.39 is 0 Å². The van der Waals surface area contributed by atoms with Crippen LogP contribution in [-0.4, -0.2) is 46.2 Å². The molecule has 2 fully saturated rings. The molecular formula is C19H24N4O. The van der Waals surface area contributed by atoms with Gasteiger partial charge in [0.05, 0.1) is 23.9 Å². The number of nitrogens with one attached hydrogen (secondary N) is 1. The van der Waals surface area contributed by atoms with Crippen molar-refractivity contribution in [2.24, 2.45) is 0 Å². The third-order valence-electron chi connectivity index (χ3n) is 4.99. The van der Waals surface area contributed by atoms with Gasteiger partial charge in [-0.25, -0.2) is 0 Å². The van der Waals surface area contributed by atoms with E-state index in [2.05, 4.69) is 32.3 Å². The molecular weight excluding hydrogens is 300 g/mol. The van der Waals surface area contributed by atoms with E-state index >= 15 is 0 Å². The number of likely N-dealkylation sites (tertiary alicyclic amines) is 1. The Hall–Kier alpha value is -1.98. The van der Waals surface area contributed by atoms with Crippen molar-refractivity contribution >= 4 is 5.69 Å². The molecule has 5 heteroatoms. The zero-order valence-electron chi connectivity index (χ0n) is 13.9. The lowest BCUT2D eigenvalue weighted by Crippen LogP contribution is -2.47. The molecule has 0 aliphatic carbocycles. The number of piperidine rings is 1. The fourth-order valence-corrected chi connectivity index (χ4v) is 3.98. The lowest BCUT2D eigenvalue weighted by molar-refractivity contribution is -0.0533. The highest BCUT2D eigenvalue weighted by atomic mass is 16.5. The van der Waals surface area contributed by atoms with Crippen LogP contribution in [0.1, 0.15) is 24.8 Å². The molecule has 1 N–H and O–H groups in total. The van der Waals surface area contributed by atoms with Gasteiger partial charge in [-0.15, -0.1) is 0 Å². The molecule has 2 unspecified atom stereocenters. The Morgan fingerprint density at radius 2 is 2.08 bits per heavy atom. The van der Waals surface area contributed by atoms with E-state index in [1.807, 2.05) is 30.7 Å². The molecule has 5 nitrogen and oxygen atoms in total. The van der Waals surface area contributed by atoms with Gasteiger partial charge in [0.2, 0.25) is 0 Å². The number of ether oxygens (including phenoxy) is 1. The summed E-state index contributed by atoms with van der Waals surface area (Å²) in [5.41, 5.74) is 2.35. The number of rotatable bonds is 4. The van der Waals surface area contributed by atoms with Crippen LogP contribution in [0.2, 0.25) is 0 Å². The first kappa shape index (κ1) is 15.5. The van der Waals surface area contributed by atoms with Crippen LogP contribution in [0, 0.1) is 0 Å². The van der Waals surface area contributed by atoms with Crippen LogP contribution in [0.25, 0.3) is 0 Å². The van der Waals surface area contributed by atoms with E-state index in [0.29, 0.717) is 6.04 Å². The van der Waals surface area contributed by atoms with Crippen molar-refractivity contribution in [3.63, 3.8) is 0 Å². The number of anilines is 1. The fraction of sp³-hybridized carbons (Fsp3) is 0.474. The standard InChI is InChI=1S/C19H24N4O/c1-4-16(11-20-7-1)13-23-9-3-6-19(15-23)10-18(14-24-19)22-17-5-2-8-21-12-17/h1-2,4-5,7-8,11-12,18,22H,3,6,9-10,13-15H2. The molecule has 0 saturated carbocycles. The summed E-state index contributed by atoms with van der Waals surface area (Å²) in [5.74, 6) is 0. The zero-order chi connectivity index (χ0) is 16.2. The van der Waals surface area contributed by atoms with Gasteiger partial charge in [0.1, 0.15) is 0 Å². The highest BCUT2D eigenvalue weighted by Crippen LogP contribution is 2.36. The van der Waals surface area contributed by atoms with Gasteiger partial charge >= 0.3 is 0 Å².